The molecular weight excluding hydrogens is 368 g/mol. The van der Waals surface area contributed by atoms with Crippen molar-refractivity contribution in [1.82, 2.24) is 19.3 Å². The number of carbonyl (C=O) groups is 2. The largest absolute Gasteiger partial charge is 0.348 e. The summed E-state index contributed by atoms with van der Waals surface area (Å²) in [7, 11) is -0.00640. The topological polar surface area (TPSA) is 82.9 Å². The number of urea groups is 1. The van der Waals surface area contributed by atoms with Crippen molar-refractivity contribution in [2.45, 2.75) is 38.4 Å². The lowest BCUT2D eigenvalue weighted by Crippen LogP contribution is -2.63. The summed E-state index contributed by atoms with van der Waals surface area (Å²) in [5, 5.41) is 0. The predicted octanol–water partition coefficient (Wildman–Crippen LogP) is 0.848. The van der Waals surface area contributed by atoms with Gasteiger partial charge in [-0.15, -0.1) is 0 Å². The molecule has 2 fully saturated rings. The van der Waals surface area contributed by atoms with Crippen molar-refractivity contribution in [3.63, 3.8) is 0 Å². The van der Waals surface area contributed by atoms with Crippen LogP contribution in [0.15, 0.2) is 18.5 Å². The van der Waals surface area contributed by atoms with Gasteiger partial charge in [0.2, 0.25) is 0 Å². The third-order valence-corrected chi connectivity index (χ3v) is 6.98. The number of hydrogen-bond acceptors (Lipinski definition) is 4. The van der Waals surface area contributed by atoms with Crippen LogP contribution >= 0.6 is 0 Å². The number of amides is 3. The average Bonchev–Trinajstić information content (AvgIpc) is 3.15. The predicted molar refractivity (Wildman–Crippen MR) is 102 cm³/mol. The highest BCUT2D eigenvalue weighted by Crippen LogP contribution is 2.29. The fourth-order valence-electron chi connectivity index (χ4n) is 3.81. The summed E-state index contributed by atoms with van der Waals surface area (Å²) < 4.78 is 26.5. The Morgan fingerprint density at radius 1 is 1.07 bits per heavy atom. The maximum Gasteiger partial charge on any atom is 0.319 e. The van der Waals surface area contributed by atoms with E-state index in [4.69, 9.17) is 0 Å². The number of carbonyl (C=O) groups excluding carboxylic acids is 2. The Labute approximate surface area is 160 Å². The van der Waals surface area contributed by atoms with Crippen LogP contribution in [0.5, 0.6) is 0 Å². The first-order valence-electron chi connectivity index (χ1n) is 9.08. The van der Waals surface area contributed by atoms with Gasteiger partial charge in [0, 0.05) is 45.1 Å². The smallest absolute Gasteiger partial charge is 0.319 e. The van der Waals surface area contributed by atoms with Gasteiger partial charge in [-0.05, 0) is 26.8 Å². The second-order valence-electron chi connectivity index (χ2n) is 8.56. The maximum absolute atomic E-state index is 13.1. The molecule has 2 saturated heterocycles. The van der Waals surface area contributed by atoms with E-state index in [1.165, 1.54) is 4.90 Å². The number of hydrogen-bond donors (Lipinski definition) is 0. The molecule has 3 rings (SSSR count). The Hall–Kier alpha value is -2.03. The summed E-state index contributed by atoms with van der Waals surface area (Å²) in [5.41, 5.74) is 0.398. The monoisotopic (exact) mass is 396 g/mol. The van der Waals surface area contributed by atoms with Crippen LogP contribution in [-0.4, -0.2) is 90.4 Å². The molecule has 150 valence electrons. The van der Waals surface area contributed by atoms with Gasteiger partial charge in [-0.1, -0.05) is 0 Å². The second kappa shape index (κ2) is 6.54. The van der Waals surface area contributed by atoms with Crippen LogP contribution < -0.4 is 0 Å². The molecular formula is C18H28N4O4S. The fourth-order valence-corrected chi connectivity index (χ4v) is 5.79. The molecule has 1 aromatic heterocycles. The van der Waals surface area contributed by atoms with Gasteiger partial charge in [-0.3, -0.25) is 4.79 Å². The molecule has 3 amide bonds. The van der Waals surface area contributed by atoms with Crippen LogP contribution in [0, 0.1) is 0 Å². The van der Waals surface area contributed by atoms with Crippen LogP contribution in [0.1, 0.15) is 31.1 Å². The number of piperazine rings is 1. The number of rotatable bonds is 1. The minimum Gasteiger partial charge on any atom is -0.348 e. The lowest BCUT2D eigenvalue weighted by atomic mass is 10.0. The molecule has 27 heavy (non-hydrogen) atoms. The summed E-state index contributed by atoms with van der Waals surface area (Å²) in [4.78, 5) is 30.2. The van der Waals surface area contributed by atoms with Crippen LogP contribution in [0.25, 0.3) is 0 Å². The summed E-state index contributed by atoms with van der Waals surface area (Å²) >= 11 is 0. The van der Waals surface area contributed by atoms with Crippen molar-refractivity contribution in [2.75, 3.05) is 38.7 Å². The minimum atomic E-state index is -3.30. The first-order valence-corrected chi connectivity index (χ1v) is 10.9. The van der Waals surface area contributed by atoms with Gasteiger partial charge in [0.05, 0.1) is 29.2 Å². The van der Waals surface area contributed by atoms with Gasteiger partial charge in [-0.2, -0.15) is 0 Å². The highest BCUT2D eigenvalue weighted by Gasteiger charge is 2.49. The molecule has 0 saturated carbocycles. The summed E-state index contributed by atoms with van der Waals surface area (Å²) in [6.45, 7) is 6.81. The molecule has 0 aromatic carbocycles. The first-order chi connectivity index (χ1) is 12.4. The molecule has 8 nitrogen and oxygen atoms in total. The van der Waals surface area contributed by atoms with E-state index in [1.54, 1.807) is 36.2 Å². The molecule has 0 radical (unpaired) electrons. The zero-order valence-corrected chi connectivity index (χ0v) is 17.4. The lowest BCUT2D eigenvalue weighted by Gasteiger charge is -2.44. The zero-order valence-electron chi connectivity index (χ0n) is 16.5. The van der Waals surface area contributed by atoms with E-state index in [9.17, 15) is 18.0 Å². The Bertz CT molecular complexity index is 853. The molecule has 3 heterocycles. The van der Waals surface area contributed by atoms with Crippen LogP contribution in [0.2, 0.25) is 0 Å². The molecule has 1 aromatic rings. The number of aromatic nitrogens is 1. The average molecular weight is 397 g/mol. The molecule has 0 N–H and O–H groups in total. The van der Waals surface area contributed by atoms with Crippen LogP contribution in [-0.2, 0) is 15.4 Å². The van der Waals surface area contributed by atoms with Gasteiger partial charge in [0.15, 0.2) is 9.84 Å². The summed E-state index contributed by atoms with van der Waals surface area (Å²) in [6, 6.07) is 0.558. The fraction of sp³-hybridized carbons (Fsp3) is 0.667. The summed E-state index contributed by atoms with van der Waals surface area (Å²) in [6.07, 6.45) is 3.67. The van der Waals surface area contributed by atoms with E-state index in [1.807, 2.05) is 31.5 Å². The third-order valence-electron chi connectivity index (χ3n) is 5.28. The van der Waals surface area contributed by atoms with Gasteiger partial charge in [0.1, 0.15) is 0 Å². The Morgan fingerprint density at radius 3 is 2.15 bits per heavy atom. The van der Waals surface area contributed by atoms with Crippen molar-refractivity contribution in [1.29, 1.82) is 0 Å². The number of nitrogens with zero attached hydrogens (tertiary/aromatic N) is 4. The molecule has 0 bridgehead atoms. The van der Waals surface area contributed by atoms with Gasteiger partial charge >= 0.3 is 6.03 Å². The first kappa shape index (κ1) is 19.7. The van der Waals surface area contributed by atoms with E-state index < -0.39 is 21.9 Å². The summed E-state index contributed by atoms with van der Waals surface area (Å²) in [5.74, 6) is -0.369. The van der Waals surface area contributed by atoms with Crippen LogP contribution in [0.3, 0.4) is 0 Å². The molecule has 0 spiro atoms. The molecule has 2 aliphatic heterocycles. The molecule has 2 atom stereocenters. The normalized spacial score (nSPS) is 24.6. The molecule has 2 aliphatic rings. The number of sulfone groups is 1. The van der Waals surface area contributed by atoms with Crippen molar-refractivity contribution in [3.8, 4) is 0 Å². The van der Waals surface area contributed by atoms with Crippen molar-refractivity contribution < 1.29 is 18.0 Å². The van der Waals surface area contributed by atoms with Gasteiger partial charge in [0.25, 0.3) is 5.91 Å². The molecule has 0 aliphatic carbocycles. The van der Waals surface area contributed by atoms with Gasteiger partial charge in [-0.25, -0.2) is 13.2 Å². The maximum atomic E-state index is 13.1. The van der Waals surface area contributed by atoms with E-state index in [-0.39, 0.29) is 29.0 Å². The van der Waals surface area contributed by atoms with Crippen molar-refractivity contribution in [2.24, 2.45) is 0 Å². The Balaban J connectivity index is 1.88. The van der Waals surface area contributed by atoms with Crippen molar-refractivity contribution in [3.05, 3.63) is 24.0 Å². The number of fused-ring (bicyclic) bond motifs is 1. The highest BCUT2D eigenvalue weighted by molar-refractivity contribution is 7.91. The minimum absolute atomic E-state index is 0.0932. The molecule has 0 unspecified atom stereocenters. The third kappa shape index (κ3) is 3.69. The Kier molecular flexibility index (Phi) is 4.78. The van der Waals surface area contributed by atoms with Gasteiger partial charge < -0.3 is 19.3 Å². The lowest BCUT2D eigenvalue weighted by molar-refractivity contribution is 0.0393. The Morgan fingerprint density at radius 2 is 1.63 bits per heavy atom. The van der Waals surface area contributed by atoms with E-state index in [0.29, 0.717) is 18.7 Å². The van der Waals surface area contributed by atoms with E-state index in [0.717, 1.165) is 0 Å². The van der Waals surface area contributed by atoms with E-state index in [2.05, 4.69) is 0 Å². The SMILES string of the molecule is CN(C)C(=O)N1CCN(C(=O)c2ccn(C(C)(C)C)c2)[C@H]2CS(=O)(=O)C[C@H]21. The molecule has 9 heteroatoms. The van der Waals surface area contributed by atoms with E-state index >= 15 is 0 Å². The quantitative estimate of drug-likeness (QED) is 0.705. The van der Waals surface area contributed by atoms with Crippen molar-refractivity contribution >= 4 is 21.8 Å². The highest BCUT2D eigenvalue weighted by atomic mass is 32.2. The second-order valence-corrected chi connectivity index (χ2v) is 10.7. The standard InChI is InChI=1S/C18H28N4O4S/c1-18(2,3)20-7-6-13(10-20)16(23)21-8-9-22(17(24)19(4)5)15-12-27(25,26)11-14(15)21/h6-7,10,14-15H,8-9,11-12H2,1-5H3/t14-,15+/m0/s1. The van der Waals surface area contributed by atoms with Crippen LogP contribution in [0.4, 0.5) is 4.79 Å². The zero-order chi connectivity index (χ0) is 20.1.